The van der Waals surface area contributed by atoms with Crippen LogP contribution >= 0.6 is 0 Å². The number of rotatable bonds is 7. The van der Waals surface area contributed by atoms with Crippen LogP contribution in [0, 0.1) is 6.92 Å². The Kier molecular flexibility index (Phi) is 6.01. The molecule has 34 heavy (non-hydrogen) atoms. The predicted molar refractivity (Wildman–Crippen MR) is 127 cm³/mol. The molecule has 8 nitrogen and oxygen atoms in total. The van der Waals surface area contributed by atoms with Gasteiger partial charge in [0.1, 0.15) is 18.1 Å². The van der Waals surface area contributed by atoms with Gasteiger partial charge >= 0.3 is 0 Å². The van der Waals surface area contributed by atoms with Gasteiger partial charge in [-0.15, -0.1) is 0 Å². The second-order valence-corrected chi connectivity index (χ2v) is 8.17. The van der Waals surface area contributed by atoms with Crippen LogP contribution in [0.1, 0.15) is 16.7 Å². The number of anilines is 1. The van der Waals surface area contributed by atoms with Crippen LogP contribution in [0.2, 0.25) is 0 Å². The van der Waals surface area contributed by atoms with E-state index in [4.69, 9.17) is 9.47 Å². The molecule has 1 saturated heterocycles. The van der Waals surface area contributed by atoms with Gasteiger partial charge in [-0.1, -0.05) is 30.9 Å². The highest BCUT2D eigenvalue weighted by Crippen LogP contribution is 2.53. The summed E-state index contributed by atoms with van der Waals surface area (Å²) in [6, 6.07) is 11.9. The second kappa shape index (κ2) is 8.79. The van der Waals surface area contributed by atoms with Crippen molar-refractivity contribution in [1.82, 2.24) is 4.90 Å². The molecule has 4 rings (SSSR count). The molecule has 0 bridgehead atoms. The van der Waals surface area contributed by atoms with Crippen LogP contribution in [-0.2, 0) is 24.7 Å². The first-order valence-corrected chi connectivity index (χ1v) is 10.8. The third-order valence-electron chi connectivity index (χ3n) is 6.26. The molecule has 2 aromatic rings. The van der Waals surface area contributed by atoms with Crippen LogP contribution in [0.3, 0.4) is 0 Å². The molecule has 1 N–H and O–H groups in total. The van der Waals surface area contributed by atoms with E-state index < -0.39 is 28.9 Å². The SMILES string of the molecule is C=CCOc1ccc(/C(O)=C2/C(=O)C(=O)N(CCOC)C23C(=O)N(C)c2ccccc23)cc1C. The maximum atomic E-state index is 13.8. The number of amides is 2. The number of para-hydroxylation sites is 1. The fraction of sp³-hybridized carbons (Fsp3) is 0.269. The molecule has 0 aliphatic carbocycles. The smallest absolute Gasteiger partial charge is 0.296 e. The maximum Gasteiger partial charge on any atom is 0.296 e. The van der Waals surface area contributed by atoms with Crippen molar-refractivity contribution < 1.29 is 29.0 Å². The van der Waals surface area contributed by atoms with Crippen molar-refractivity contribution in [3.8, 4) is 5.75 Å². The quantitative estimate of drug-likeness (QED) is 0.294. The molecule has 176 valence electrons. The molecular formula is C26H26N2O6. The Morgan fingerprint density at radius 2 is 1.91 bits per heavy atom. The number of carbonyl (C=O) groups is 3. The molecule has 2 aliphatic heterocycles. The number of aliphatic hydroxyl groups is 1. The predicted octanol–water partition coefficient (Wildman–Crippen LogP) is 2.76. The number of hydrogen-bond donors (Lipinski definition) is 1. The lowest BCUT2D eigenvalue weighted by Crippen LogP contribution is -2.52. The minimum absolute atomic E-state index is 0.000867. The lowest BCUT2D eigenvalue weighted by Gasteiger charge is -2.34. The molecule has 2 amide bonds. The van der Waals surface area contributed by atoms with Gasteiger partial charge in [0, 0.05) is 37.5 Å². The number of aliphatic hydroxyl groups excluding tert-OH is 1. The Morgan fingerprint density at radius 1 is 1.18 bits per heavy atom. The van der Waals surface area contributed by atoms with Crippen molar-refractivity contribution in [2.24, 2.45) is 0 Å². The minimum Gasteiger partial charge on any atom is -0.507 e. The van der Waals surface area contributed by atoms with Gasteiger partial charge in [0.25, 0.3) is 17.6 Å². The molecule has 0 radical (unpaired) electrons. The van der Waals surface area contributed by atoms with Gasteiger partial charge in [0.2, 0.25) is 0 Å². The minimum atomic E-state index is -1.78. The first-order chi connectivity index (χ1) is 16.3. The van der Waals surface area contributed by atoms with E-state index in [0.29, 0.717) is 34.7 Å². The number of aryl methyl sites for hydroxylation is 1. The van der Waals surface area contributed by atoms with Crippen molar-refractivity contribution >= 4 is 29.0 Å². The summed E-state index contributed by atoms with van der Waals surface area (Å²) < 4.78 is 10.7. The highest BCUT2D eigenvalue weighted by atomic mass is 16.5. The maximum absolute atomic E-state index is 13.8. The first kappa shape index (κ1) is 23.3. The van der Waals surface area contributed by atoms with Gasteiger partial charge in [0.05, 0.1) is 12.2 Å². The number of fused-ring (bicyclic) bond motifs is 2. The van der Waals surface area contributed by atoms with Gasteiger partial charge in [0.15, 0.2) is 5.54 Å². The number of carbonyl (C=O) groups excluding carboxylic acids is 3. The van der Waals surface area contributed by atoms with E-state index in [1.165, 1.54) is 16.9 Å². The summed E-state index contributed by atoms with van der Waals surface area (Å²) in [7, 11) is 3.06. The van der Waals surface area contributed by atoms with Crippen LogP contribution in [0.5, 0.6) is 5.75 Å². The standard InChI is InChI=1S/C26H26N2O6/c1-5-13-34-20-11-10-17(15-16(20)2)22(29)21-23(30)24(31)28(12-14-33-4)26(21)18-8-6-7-9-19(18)27(3)25(26)32/h5-11,15,29H,1,12-14H2,2-4H3/b22-21+. The van der Waals surface area contributed by atoms with Gasteiger partial charge < -0.3 is 24.4 Å². The Bertz CT molecular complexity index is 1230. The number of ketones is 1. The number of Topliss-reactive ketones (excluding diaryl/α,β-unsaturated/α-hetero) is 1. The summed E-state index contributed by atoms with van der Waals surface area (Å²) >= 11 is 0. The van der Waals surface area contributed by atoms with Crippen LogP contribution < -0.4 is 9.64 Å². The zero-order chi connectivity index (χ0) is 24.6. The summed E-state index contributed by atoms with van der Waals surface area (Å²) in [6.45, 7) is 5.85. The van der Waals surface area contributed by atoms with Crippen LogP contribution in [0.25, 0.3) is 5.76 Å². The second-order valence-electron chi connectivity index (χ2n) is 8.17. The van der Waals surface area contributed by atoms with Crippen LogP contribution in [0.4, 0.5) is 5.69 Å². The van der Waals surface area contributed by atoms with E-state index in [0.717, 1.165) is 0 Å². The van der Waals surface area contributed by atoms with E-state index in [9.17, 15) is 19.5 Å². The zero-order valence-corrected chi connectivity index (χ0v) is 19.3. The first-order valence-electron chi connectivity index (χ1n) is 10.8. The Balaban J connectivity index is 1.97. The largest absolute Gasteiger partial charge is 0.507 e. The molecule has 2 heterocycles. The molecule has 8 heteroatoms. The van der Waals surface area contributed by atoms with E-state index in [1.54, 1.807) is 62.5 Å². The fourth-order valence-corrected chi connectivity index (χ4v) is 4.71. The summed E-state index contributed by atoms with van der Waals surface area (Å²) in [4.78, 5) is 43.0. The van der Waals surface area contributed by atoms with Crippen molar-refractivity contribution in [2.75, 3.05) is 38.8 Å². The van der Waals surface area contributed by atoms with E-state index in [-0.39, 0.29) is 18.7 Å². The Hall–Kier alpha value is -3.91. The lowest BCUT2D eigenvalue weighted by atomic mass is 9.82. The average Bonchev–Trinajstić information content (AvgIpc) is 3.20. The van der Waals surface area contributed by atoms with Crippen molar-refractivity contribution in [3.63, 3.8) is 0 Å². The molecular weight excluding hydrogens is 436 g/mol. The van der Waals surface area contributed by atoms with Crippen LogP contribution in [-0.4, -0.2) is 61.5 Å². The summed E-state index contributed by atoms with van der Waals surface area (Å²) in [5.74, 6) is -2.10. The highest BCUT2D eigenvalue weighted by molar-refractivity contribution is 6.50. The topological polar surface area (TPSA) is 96.4 Å². The normalized spacial score (nSPS) is 20.9. The molecule has 0 saturated carbocycles. The average molecular weight is 463 g/mol. The number of nitrogens with zero attached hydrogens (tertiary/aromatic N) is 2. The number of ether oxygens (including phenoxy) is 2. The Morgan fingerprint density at radius 3 is 2.59 bits per heavy atom. The van der Waals surface area contributed by atoms with Crippen LogP contribution in [0.15, 0.2) is 60.7 Å². The number of hydrogen-bond acceptors (Lipinski definition) is 6. The molecule has 2 aromatic carbocycles. The Labute approximate surface area is 197 Å². The van der Waals surface area contributed by atoms with E-state index in [2.05, 4.69) is 6.58 Å². The molecule has 0 aromatic heterocycles. The number of methoxy groups -OCH3 is 1. The number of likely N-dealkylation sites (N-methyl/N-ethyl adjacent to an activating group) is 1. The van der Waals surface area contributed by atoms with Gasteiger partial charge in [-0.3, -0.25) is 14.4 Å². The van der Waals surface area contributed by atoms with Gasteiger partial charge in [-0.2, -0.15) is 0 Å². The highest BCUT2D eigenvalue weighted by Gasteiger charge is 2.66. The van der Waals surface area contributed by atoms with E-state index >= 15 is 0 Å². The summed E-state index contributed by atoms with van der Waals surface area (Å²) in [5.41, 5.74) is -0.00603. The van der Waals surface area contributed by atoms with Gasteiger partial charge in [-0.05, 0) is 36.8 Å². The van der Waals surface area contributed by atoms with Crippen molar-refractivity contribution in [2.45, 2.75) is 12.5 Å². The zero-order valence-electron chi connectivity index (χ0n) is 19.3. The molecule has 1 unspecified atom stereocenters. The molecule has 1 fully saturated rings. The van der Waals surface area contributed by atoms with Crippen molar-refractivity contribution in [3.05, 3.63) is 77.4 Å². The van der Waals surface area contributed by atoms with Crippen molar-refractivity contribution in [1.29, 1.82) is 0 Å². The summed E-state index contributed by atoms with van der Waals surface area (Å²) in [5, 5.41) is 11.4. The molecule has 2 aliphatic rings. The van der Waals surface area contributed by atoms with E-state index in [1.807, 2.05) is 0 Å². The lowest BCUT2D eigenvalue weighted by molar-refractivity contribution is -0.144. The fourth-order valence-electron chi connectivity index (χ4n) is 4.71. The molecule has 1 atom stereocenters. The third-order valence-corrected chi connectivity index (χ3v) is 6.26. The number of likely N-dealkylation sites (tertiary alicyclic amines) is 1. The molecule has 1 spiro atoms. The number of benzene rings is 2. The van der Waals surface area contributed by atoms with Gasteiger partial charge in [-0.25, -0.2) is 0 Å². The summed E-state index contributed by atoms with van der Waals surface area (Å²) in [6.07, 6.45) is 1.62. The monoisotopic (exact) mass is 462 g/mol. The third kappa shape index (κ3) is 3.21.